The summed E-state index contributed by atoms with van der Waals surface area (Å²) in [6.45, 7) is 1.35. The van der Waals surface area contributed by atoms with Gasteiger partial charge in [-0.3, -0.25) is 9.59 Å². The lowest BCUT2D eigenvalue weighted by atomic mass is 10.1. The Kier molecular flexibility index (Phi) is 2.64. The third-order valence-electron chi connectivity index (χ3n) is 1.60. The van der Waals surface area contributed by atoms with Gasteiger partial charge in [0.05, 0.1) is 5.56 Å². The van der Waals surface area contributed by atoms with Gasteiger partial charge in [0.1, 0.15) is 5.75 Å². The number of phenolic OH excluding ortho intramolecular Hbond substituents is 1. The van der Waals surface area contributed by atoms with Gasteiger partial charge in [-0.1, -0.05) is 0 Å². The van der Waals surface area contributed by atoms with Crippen LogP contribution in [0.2, 0.25) is 0 Å². The molecule has 1 aromatic carbocycles. The van der Waals surface area contributed by atoms with E-state index in [1.54, 1.807) is 0 Å². The predicted octanol–water partition coefficient (Wildman–Crippen LogP) is 1.16. The van der Waals surface area contributed by atoms with Gasteiger partial charge in [-0.05, 0) is 25.1 Å². The van der Waals surface area contributed by atoms with E-state index in [2.05, 4.69) is 5.32 Å². The highest BCUT2D eigenvalue weighted by Crippen LogP contribution is 2.21. The van der Waals surface area contributed by atoms with E-state index in [0.29, 0.717) is 12.1 Å². The van der Waals surface area contributed by atoms with Crippen molar-refractivity contribution in [2.75, 3.05) is 5.32 Å². The third-order valence-corrected chi connectivity index (χ3v) is 1.60. The largest absolute Gasteiger partial charge is 0.507 e. The predicted molar refractivity (Wildman–Crippen MR) is 47.8 cm³/mol. The SMILES string of the molecule is CC(=O)c1cc(NC=O)ccc1O. The van der Waals surface area contributed by atoms with Gasteiger partial charge < -0.3 is 10.4 Å². The fourth-order valence-corrected chi connectivity index (χ4v) is 0.976. The van der Waals surface area contributed by atoms with Gasteiger partial charge in [0, 0.05) is 5.69 Å². The minimum atomic E-state index is -0.243. The van der Waals surface area contributed by atoms with Crippen molar-refractivity contribution in [3.05, 3.63) is 23.8 Å². The Morgan fingerprint density at radius 1 is 1.54 bits per heavy atom. The molecule has 0 aromatic heterocycles. The molecule has 1 rings (SSSR count). The first kappa shape index (κ1) is 9.25. The average molecular weight is 179 g/mol. The van der Waals surface area contributed by atoms with Crippen LogP contribution >= 0.6 is 0 Å². The number of amides is 1. The van der Waals surface area contributed by atoms with Crippen LogP contribution in [0.4, 0.5) is 5.69 Å². The molecular formula is C9H9NO3. The fraction of sp³-hybridized carbons (Fsp3) is 0.111. The summed E-state index contributed by atoms with van der Waals surface area (Å²) in [7, 11) is 0. The monoisotopic (exact) mass is 179 g/mol. The Labute approximate surface area is 75.2 Å². The highest BCUT2D eigenvalue weighted by Gasteiger charge is 2.06. The summed E-state index contributed by atoms with van der Waals surface area (Å²) in [6.07, 6.45) is 0.510. The number of benzene rings is 1. The van der Waals surface area contributed by atoms with Crippen LogP contribution in [-0.4, -0.2) is 17.3 Å². The van der Waals surface area contributed by atoms with Crippen LogP contribution in [0.15, 0.2) is 18.2 Å². The third kappa shape index (κ3) is 2.05. The van der Waals surface area contributed by atoms with E-state index >= 15 is 0 Å². The van der Waals surface area contributed by atoms with Crippen LogP contribution in [0, 0.1) is 0 Å². The van der Waals surface area contributed by atoms with Gasteiger partial charge in [-0.2, -0.15) is 0 Å². The van der Waals surface area contributed by atoms with Gasteiger partial charge >= 0.3 is 0 Å². The molecule has 0 aliphatic heterocycles. The minimum Gasteiger partial charge on any atom is -0.507 e. The second-order valence-corrected chi connectivity index (χ2v) is 2.55. The Balaban J connectivity index is 3.10. The minimum absolute atomic E-state index is 0.0797. The van der Waals surface area contributed by atoms with Gasteiger partial charge in [0.25, 0.3) is 0 Å². The molecule has 2 N–H and O–H groups in total. The number of anilines is 1. The Morgan fingerprint density at radius 2 is 2.23 bits per heavy atom. The summed E-state index contributed by atoms with van der Waals surface area (Å²) < 4.78 is 0. The van der Waals surface area contributed by atoms with Crippen molar-refractivity contribution in [3.63, 3.8) is 0 Å². The number of hydrogen-bond donors (Lipinski definition) is 2. The zero-order valence-electron chi connectivity index (χ0n) is 7.07. The van der Waals surface area contributed by atoms with E-state index in [0.717, 1.165) is 0 Å². The molecule has 0 aliphatic carbocycles. The van der Waals surface area contributed by atoms with Crippen LogP contribution in [-0.2, 0) is 4.79 Å². The van der Waals surface area contributed by atoms with Crippen molar-refractivity contribution >= 4 is 17.9 Å². The first-order valence-corrected chi connectivity index (χ1v) is 3.69. The molecule has 0 atom stereocenters. The van der Waals surface area contributed by atoms with E-state index in [4.69, 9.17) is 0 Å². The van der Waals surface area contributed by atoms with E-state index in [1.165, 1.54) is 25.1 Å². The van der Waals surface area contributed by atoms with Crippen LogP contribution in [0.3, 0.4) is 0 Å². The Hall–Kier alpha value is -1.84. The van der Waals surface area contributed by atoms with E-state index in [9.17, 15) is 14.7 Å². The number of hydrogen-bond acceptors (Lipinski definition) is 3. The molecule has 4 heteroatoms. The molecule has 0 fully saturated rings. The summed E-state index contributed by atoms with van der Waals surface area (Å²) in [4.78, 5) is 21.0. The maximum absolute atomic E-state index is 10.9. The average Bonchev–Trinajstić information content (AvgIpc) is 2.08. The number of nitrogens with one attached hydrogen (secondary N) is 1. The molecule has 0 bridgehead atoms. The number of carbonyl (C=O) groups is 2. The molecule has 0 heterocycles. The number of phenols is 1. The number of rotatable bonds is 3. The first-order valence-electron chi connectivity index (χ1n) is 3.69. The van der Waals surface area contributed by atoms with Crippen LogP contribution in [0.5, 0.6) is 5.75 Å². The second kappa shape index (κ2) is 3.71. The molecule has 13 heavy (non-hydrogen) atoms. The van der Waals surface area contributed by atoms with E-state index in [1.807, 2.05) is 0 Å². The van der Waals surface area contributed by atoms with Gasteiger partial charge in [-0.25, -0.2) is 0 Å². The Bertz CT molecular complexity index is 347. The molecule has 4 nitrogen and oxygen atoms in total. The number of carbonyl (C=O) groups excluding carboxylic acids is 2. The summed E-state index contributed by atoms with van der Waals surface area (Å²) >= 11 is 0. The summed E-state index contributed by atoms with van der Waals surface area (Å²) in [5.41, 5.74) is 0.685. The summed E-state index contributed by atoms with van der Waals surface area (Å²) in [5.74, 6) is -0.323. The molecule has 0 spiro atoms. The van der Waals surface area contributed by atoms with Crippen LogP contribution in [0.25, 0.3) is 0 Å². The second-order valence-electron chi connectivity index (χ2n) is 2.55. The topological polar surface area (TPSA) is 66.4 Å². The molecule has 1 amide bonds. The Morgan fingerprint density at radius 3 is 2.77 bits per heavy atom. The van der Waals surface area contributed by atoms with Gasteiger partial charge in [0.2, 0.25) is 6.41 Å². The standard InChI is InChI=1S/C9H9NO3/c1-6(12)8-4-7(10-5-11)2-3-9(8)13/h2-5,13H,1H3,(H,10,11). The number of Topliss-reactive ketones (excluding diaryl/α,β-unsaturated/α-hetero) is 1. The van der Waals surface area contributed by atoms with Crippen molar-refractivity contribution in [1.29, 1.82) is 0 Å². The molecule has 0 aliphatic rings. The van der Waals surface area contributed by atoms with Crippen molar-refractivity contribution in [2.24, 2.45) is 0 Å². The fourth-order valence-electron chi connectivity index (χ4n) is 0.976. The molecule has 1 aromatic rings. The van der Waals surface area contributed by atoms with E-state index < -0.39 is 0 Å². The normalized spacial score (nSPS) is 9.31. The summed E-state index contributed by atoms with van der Waals surface area (Å²) in [6, 6.07) is 4.30. The quantitative estimate of drug-likeness (QED) is 0.415. The molecule has 0 saturated heterocycles. The zero-order valence-corrected chi connectivity index (χ0v) is 7.07. The maximum atomic E-state index is 10.9. The van der Waals surface area contributed by atoms with E-state index in [-0.39, 0.29) is 17.1 Å². The van der Waals surface area contributed by atoms with Crippen molar-refractivity contribution in [2.45, 2.75) is 6.92 Å². The highest BCUT2D eigenvalue weighted by molar-refractivity contribution is 5.98. The zero-order chi connectivity index (χ0) is 9.84. The first-order chi connectivity index (χ1) is 6.15. The summed E-state index contributed by atoms with van der Waals surface area (Å²) in [5, 5.41) is 11.6. The molecule has 0 radical (unpaired) electrons. The lowest BCUT2D eigenvalue weighted by molar-refractivity contribution is -0.105. The van der Waals surface area contributed by atoms with Crippen molar-refractivity contribution in [1.82, 2.24) is 0 Å². The van der Waals surface area contributed by atoms with Crippen molar-refractivity contribution < 1.29 is 14.7 Å². The van der Waals surface area contributed by atoms with Gasteiger partial charge in [0.15, 0.2) is 5.78 Å². The van der Waals surface area contributed by atoms with Crippen LogP contribution < -0.4 is 5.32 Å². The molecule has 0 unspecified atom stereocenters. The van der Waals surface area contributed by atoms with Gasteiger partial charge in [-0.15, -0.1) is 0 Å². The molecule has 68 valence electrons. The molecular weight excluding hydrogens is 170 g/mol. The number of aromatic hydroxyl groups is 1. The van der Waals surface area contributed by atoms with Crippen molar-refractivity contribution in [3.8, 4) is 5.75 Å². The number of ketones is 1. The lowest BCUT2D eigenvalue weighted by Crippen LogP contribution is -1.97. The smallest absolute Gasteiger partial charge is 0.211 e. The highest BCUT2D eigenvalue weighted by atomic mass is 16.3. The van der Waals surface area contributed by atoms with Crippen LogP contribution in [0.1, 0.15) is 17.3 Å². The molecule has 0 saturated carbocycles. The lowest BCUT2D eigenvalue weighted by Gasteiger charge is -2.03. The maximum Gasteiger partial charge on any atom is 0.211 e.